The number of nitrogens with zero attached hydrogens (tertiary/aromatic N) is 1. The first-order valence-electron chi connectivity index (χ1n) is 11.8. The Balaban J connectivity index is 2.45. The number of nitrogens with one attached hydrogen (secondary N) is 2. The number of alkyl carbamates (subject to hydrolysis) is 1. The molecule has 2 aromatic rings. The quantitative estimate of drug-likeness (QED) is 0.358. The van der Waals surface area contributed by atoms with Crippen molar-refractivity contribution in [3.05, 3.63) is 64.7 Å². The summed E-state index contributed by atoms with van der Waals surface area (Å²) in [6, 6.07) is 10.7. The third-order valence-electron chi connectivity index (χ3n) is 5.48. The number of hydrogen-bond acceptors (Lipinski definition) is 5. The van der Waals surface area contributed by atoms with Crippen LogP contribution in [0.4, 0.5) is 10.5 Å². The van der Waals surface area contributed by atoms with Crippen LogP contribution in [-0.4, -0.2) is 46.7 Å². The highest BCUT2D eigenvalue weighted by molar-refractivity contribution is 7.80. The van der Waals surface area contributed by atoms with E-state index < -0.39 is 29.7 Å². The molecular formula is C28H35N3O4S. The van der Waals surface area contributed by atoms with Crippen molar-refractivity contribution < 1.29 is 19.1 Å². The molecule has 0 saturated heterocycles. The molecule has 0 aromatic heterocycles. The summed E-state index contributed by atoms with van der Waals surface area (Å²) in [6.45, 7) is 11.0. The zero-order chi connectivity index (χ0) is 27.0. The number of anilines is 1. The van der Waals surface area contributed by atoms with Crippen molar-refractivity contribution in [1.29, 1.82) is 0 Å². The molecule has 2 N–H and O–H groups in total. The molecule has 8 heteroatoms. The van der Waals surface area contributed by atoms with Crippen LogP contribution in [0.1, 0.15) is 56.0 Å². The van der Waals surface area contributed by atoms with Gasteiger partial charge in [-0.1, -0.05) is 36.3 Å². The van der Waals surface area contributed by atoms with Gasteiger partial charge in [-0.25, -0.2) is 4.79 Å². The smallest absolute Gasteiger partial charge is 0.408 e. The molecule has 2 rings (SSSR count). The monoisotopic (exact) mass is 509 g/mol. The van der Waals surface area contributed by atoms with Crippen molar-refractivity contribution >= 4 is 36.2 Å². The first-order valence-corrected chi connectivity index (χ1v) is 12.4. The lowest BCUT2D eigenvalue weighted by Crippen LogP contribution is -2.53. The highest BCUT2D eigenvalue weighted by atomic mass is 32.1. The fourth-order valence-electron chi connectivity index (χ4n) is 3.74. The van der Waals surface area contributed by atoms with Gasteiger partial charge in [-0.2, -0.15) is 12.6 Å². The summed E-state index contributed by atoms with van der Waals surface area (Å²) in [5, 5.41) is 5.58. The highest BCUT2D eigenvalue weighted by Crippen LogP contribution is 2.27. The summed E-state index contributed by atoms with van der Waals surface area (Å²) in [5.41, 5.74) is 3.00. The Bertz CT molecular complexity index is 1110. The average Bonchev–Trinajstić information content (AvgIpc) is 2.81. The molecule has 0 heterocycles. The van der Waals surface area contributed by atoms with E-state index in [2.05, 4.69) is 29.2 Å². The molecule has 0 bridgehead atoms. The maximum atomic E-state index is 13.7. The summed E-state index contributed by atoms with van der Waals surface area (Å²) in [4.78, 5) is 41.1. The predicted molar refractivity (Wildman–Crippen MR) is 146 cm³/mol. The SMILES string of the molecule is C#Cc1ccc(C(C(=O)Nc2c(C)cccc2C)N(CC)C(=O)C(CS)NC(=O)OC(C)(C)C)cc1. The first-order chi connectivity index (χ1) is 16.9. The number of carbonyl (C=O) groups excluding carboxylic acids is 3. The van der Waals surface area contributed by atoms with Crippen molar-refractivity contribution in [3.8, 4) is 12.3 Å². The van der Waals surface area contributed by atoms with E-state index in [1.165, 1.54) is 4.90 Å². The highest BCUT2D eigenvalue weighted by Gasteiger charge is 2.35. The van der Waals surface area contributed by atoms with Gasteiger partial charge >= 0.3 is 6.09 Å². The van der Waals surface area contributed by atoms with Gasteiger partial charge in [0.15, 0.2) is 0 Å². The lowest BCUT2D eigenvalue weighted by atomic mass is 10.0. The van der Waals surface area contributed by atoms with Gasteiger partial charge in [-0.3, -0.25) is 9.59 Å². The molecular weight excluding hydrogens is 474 g/mol. The zero-order valence-electron chi connectivity index (χ0n) is 21.7. The number of thiol groups is 1. The Labute approximate surface area is 219 Å². The lowest BCUT2D eigenvalue weighted by molar-refractivity contribution is -0.140. The van der Waals surface area contributed by atoms with E-state index in [9.17, 15) is 14.4 Å². The molecule has 0 saturated carbocycles. The molecule has 2 atom stereocenters. The van der Waals surface area contributed by atoms with Crippen molar-refractivity contribution in [2.45, 2.75) is 59.2 Å². The predicted octanol–water partition coefficient (Wildman–Crippen LogP) is 4.64. The first kappa shape index (κ1) is 28.8. The number of rotatable bonds is 8. The van der Waals surface area contributed by atoms with E-state index in [1.54, 1.807) is 52.0 Å². The second-order valence-corrected chi connectivity index (χ2v) is 9.80. The number of amides is 3. The van der Waals surface area contributed by atoms with Crippen molar-refractivity contribution in [1.82, 2.24) is 10.2 Å². The van der Waals surface area contributed by atoms with Crippen LogP contribution in [-0.2, 0) is 14.3 Å². The number of carbonyl (C=O) groups is 3. The van der Waals surface area contributed by atoms with Crippen LogP contribution in [0.25, 0.3) is 0 Å². The van der Waals surface area contributed by atoms with Gasteiger partial charge in [0.25, 0.3) is 5.91 Å². The van der Waals surface area contributed by atoms with Gasteiger partial charge in [-0.15, -0.1) is 6.42 Å². The second kappa shape index (κ2) is 12.5. The molecule has 3 amide bonds. The minimum Gasteiger partial charge on any atom is -0.444 e. The van der Waals surface area contributed by atoms with E-state index >= 15 is 0 Å². The normalized spacial score (nSPS) is 12.6. The summed E-state index contributed by atoms with van der Waals surface area (Å²) >= 11 is 4.27. The number of terminal acetylenes is 1. The Morgan fingerprint density at radius 1 is 1.08 bits per heavy atom. The van der Waals surface area contributed by atoms with E-state index in [0.717, 1.165) is 11.1 Å². The minimum atomic E-state index is -0.997. The van der Waals surface area contributed by atoms with Crippen LogP contribution in [0.3, 0.4) is 0 Å². The fraction of sp³-hybridized carbons (Fsp3) is 0.393. The molecule has 36 heavy (non-hydrogen) atoms. The molecule has 192 valence electrons. The number of benzene rings is 2. The van der Waals surface area contributed by atoms with Crippen LogP contribution in [0.15, 0.2) is 42.5 Å². The van der Waals surface area contributed by atoms with Crippen molar-refractivity contribution in [2.75, 3.05) is 17.6 Å². The van der Waals surface area contributed by atoms with E-state index in [-0.39, 0.29) is 18.2 Å². The summed E-state index contributed by atoms with van der Waals surface area (Å²) in [7, 11) is 0. The lowest BCUT2D eigenvalue weighted by Gasteiger charge is -2.33. The van der Waals surface area contributed by atoms with Gasteiger partial charge in [0.1, 0.15) is 17.7 Å². The molecule has 0 aliphatic rings. The molecule has 0 aliphatic carbocycles. The largest absolute Gasteiger partial charge is 0.444 e. The summed E-state index contributed by atoms with van der Waals surface area (Å²) in [6.07, 6.45) is 4.76. The topological polar surface area (TPSA) is 87.7 Å². The number of aryl methyl sites for hydroxylation is 2. The molecule has 2 unspecified atom stereocenters. The summed E-state index contributed by atoms with van der Waals surface area (Å²) < 4.78 is 5.30. The van der Waals surface area contributed by atoms with Gasteiger partial charge in [0, 0.05) is 23.5 Å². The van der Waals surface area contributed by atoms with Gasteiger partial charge in [0.05, 0.1) is 0 Å². The second-order valence-electron chi connectivity index (χ2n) is 9.43. The number of hydrogen-bond donors (Lipinski definition) is 3. The Morgan fingerprint density at radius 3 is 2.14 bits per heavy atom. The van der Waals surface area contributed by atoms with Crippen LogP contribution in [0.2, 0.25) is 0 Å². The minimum absolute atomic E-state index is 0.0237. The van der Waals surface area contributed by atoms with Crippen molar-refractivity contribution in [2.24, 2.45) is 0 Å². The van der Waals surface area contributed by atoms with E-state index in [1.807, 2.05) is 32.0 Å². The Hall–Kier alpha value is -3.44. The maximum absolute atomic E-state index is 13.7. The zero-order valence-corrected chi connectivity index (χ0v) is 22.6. The van der Waals surface area contributed by atoms with Crippen LogP contribution in [0, 0.1) is 26.2 Å². The molecule has 7 nitrogen and oxygen atoms in total. The van der Waals surface area contributed by atoms with Gasteiger partial charge < -0.3 is 20.3 Å². The molecule has 0 radical (unpaired) electrons. The molecule has 0 spiro atoms. The average molecular weight is 510 g/mol. The number of likely N-dealkylation sites (N-methyl/N-ethyl adjacent to an activating group) is 1. The number of ether oxygens (including phenoxy) is 1. The third-order valence-corrected chi connectivity index (χ3v) is 5.84. The van der Waals surface area contributed by atoms with Gasteiger partial charge in [0.2, 0.25) is 5.91 Å². The Morgan fingerprint density at radius 2 is 1.67 bits per heavy atom. The van der Waals surface area contributed by atoms with Crippen LogP contribution < -0.4 is 10.6 Å². The molecule has 0 fully saturated rings. The fourth-order valence-corrected chi connectivity index (χ4v) is 3.99. The molecule has 2 aromatic carbocycles. The van der Waals surface area contributed by atoms with Crippen LogP contribution in [0.5, 0.6) is 0 Å². The third kappa shape index (κ3) is 7.53. The van der Waals surface area contributed by atoms with Gasteiger partial charge in [-0.05, 0) is 70.4 Å². The van der Waals surface area contributed by atoms with E-state index in [0.29, 0.717) is 16.8 Å². The van der Waals surface area contributed by atoms with E-state index in [4.69, 9.17) is 11.2 Å². The molecule has 0 aliphatic heterocycles. The van der Waals surface area contributed by atoms with Crippen LogP contribution >= 0.6 is 12.6 Å². The standard InChI is InChI=1S/C28H35N3O4S/c1-8-20-13-15-21(16-14-20)24(25(32)30-23-18(3)11-10-12-19(23)4)31(9-2)26(33)22(17-36)29-27(34)35-28(5,6)7/h1,10-16,22,24,36H,9,17H2,2-7H3,(H,29,34)(H,30,32). The Kier molecular flexibility index (Phi) is 10.00. The van der Waals surface area contributed by atoms with Crippen molar-refractivity contribution in [3.63, 3.8) is 0 Å². The maximum Gasteiger partial charge on any atom is 0.408 e. The summed E-state index contributed by atoms with van der Waals surface area (Å²) in [5.74, 6) is 1.74. The number of para-hydroxylation sites is 1.